The summed E-state index contributed by atoms with van der Waals surface area (Å²) in [6.07, 6.45) is 1.09. The van der Waals surface area contributed by atoms with Crippen molar-refractivity contribution in [2.24, 2.45) is 0 Å². The molecule has 0 unspecified atom stereocenters. The average Bonchev–Trinajstić information content (AvgIpc) is 2.39. The predicted octanol–water partition coefficient (Wildman–Crippen LogP) is 1.75. The average molecular weight is 280 g/mol. The van der Waals surface area contributed by atoms with Gasteiger partial charge < -0.3 is 9.72 Å². The standard InChI is InChI=1S/C12H9FN2O5/c1-2-20-12(17)7-5-14-9-4-10(15(18)19)8(13)3-6(9)11(7)16/h3-5H,2H2,1H3,(H,14,16). The monoisotopic (exact) mass is 280 g/mol. The third-order valence-corrected chi connectivity index (χ3v) is 2.64. The fourth-order valence-electron chi connectivity index (χ4n) is 1.73. The smallest absolute Gasteiger partial charge is 0.343 e. The lowest BCUT2D eigenvalue weighted by molar-refractivity contribution is -0.387. The van der Waals surface area contributed by atoms with E-state index in [1.807, 2.05) is 0 Å². The van der Waals surface area contributed by atoms with Crippen molar-refractivity contribution in [3.63, 3.8) is 0 Å². The van der Waals surface area contributed by atoms with Crippen LogP contribution in [0.15, 0.2) is 23.1 Å². The first kappa shape index (κ1) is 13.7. The van der Waals surface area contributed by atoms with Crippen molar-refractivity contribution in [1.82, 2.24) is 4.98 Å². The molecule has 1 aromatic heterocycles. The van der Waals surface area contributed by atoms with E-state index in [-0.39, 0.29) is 23.1 Å². The topological polar surface area (TPSA) is 102 Å². The summed E-state index contributed by atoms with van der Waals surface area (Å²) >= 11 is 0. The van der Waals surface area contributed by atoms with Crippen LogP contribution in [0.3, 0.4) is 0 Å². The summed E-state index contributed by atoms with van der Waals surface area (Å²) in [5.74, 6) is -1.98. The summed E-state index contributed by atoms with van der Waals surface area (Å²) in [4.78, 5) is 35.8. The number of aromatic nitrogens is 1. The second-order valence-electron chi connectivity index (χ2n) is 3.86. The van der Waals surface area contributed by atoms with Gasteiger partial charge in [-0.3, -0.25) is 14.9 Å². The number of hydrogen-bond acceptors (Lipinski definition) is 5. The lowest BCUT2D eigenvalue weighted by Gasteiger charge is -2.03. The zero-order chi connectivity index (χ0) is 14.9. The number of esters is 1. The number of pyridine rings is 1. The number of nitrogens with zero attached hydrogens (tertiary/aromatic N) is 1. The Morgan fingerprint density at radius 2 is 2.20 bits per heavy atom. The molecule has 0 aliphatic rings. The second-order valence-corrected chi connectivity index (χ2v) is 3.86. The van der Waals surface area contributed by atoms with Gasteiger partial charge in [0.25, 0.3) is 0 Å². The van der Waals surface area contributed by atoms with Gasteiger partial charge in [-0.15, -0.1) is 0 Å². The zero-order valence-corrected chi connectivity index (χ0v) is 10.3. The van der Waals surface area contributed by atoms with Crippen LogP contribution in [0, 0.1) is 15.9 Å². The number of nitrogens with one attached hydrogen (secondary N) is 1. The number of nitro benzene ring substituents is 1. The molecular weight excluding hydrogens is 271 g/mol. The van der Waals surface area contributed by atoms with Crippen LogP contribution in [0.2, 0.25) is 0 Å². The molecule has 0 saturated carbocycles. The molecule has 1 aromatic carbocycles. The number of rotatable bonds is 3. The van der Waals surface area contributed by atoms with Crippen molar-refractivity contribution in [3.8, 4) is 0 Å². The molecule has 2 rings (SSSR count). The highest BCUT2D eigenvalue weighted by atomic mass is 19.1. The van der Waals surface area contributed by atoms with Crippen molar-refractivity contribution in [3.05, 3.63) is 50.0 Å². The lowest BCUT2D eigenvalue weighted by atomic mass is 10.1. The molecule has 1 N–H and O–H groups in total. The van der Waals surface area contributed by atoms with Crippen LogP contribution < -0.4 is 5.43 Å². The molecule has 0 amide bonds. The molecule has 7 nitrogen and oxygen atoms in total. The molecule has 20 heavy (non-hydrogen) atoms. The van der Waals surface area contributed by atoms with E-state index in [9.17, 15) is 24.1 Å². The molecule has 0 fully saturated rings. The van der Waals surface area contributed by atoms with Crippen LogP contribution in [0.1, 0.15) is 17.3 Å². The fraction of sp³-hybridized carbons (Fsp3) is 0.167. The number of hydrogen-bond donors (Lipinski definition) is 1. The number of fused-ring (bicyclic) bond motifs is 1. The minimum absolute atomic E-state index is 0.0659. The maximum atomic E-state index is 13.5. The Labute approximate surface area is 111 Å². The summed E-state index contributed by atoms with van der Waals surface area (Å²) in [5, 5.41) is 10.5. The molecular formula is C12H9FN2O5. The highest BCUT2D eigenvalue weighted by Crippen LogP contribution is 2.21. The molecule has 0 aliphatic carbocycles. The van der Waals surface area contributed by atoms with E-state index >= 15 is 0 Å². The van der Waals surface area contributed by atoms with Crippen molar-refractivity contribution in [2.75, 3.05) is 6.61 Å². The minimum atomic E-state index is -1.14. The molecule has 104 valence electrons. The Morgan fingerprint density at radius 3 is 2.80 bits per heavy atom. The lowest BCUT2D eigenvalue weighted by Crippen LogP contribution is -2.18. The summed E-state index contributed by atoms with van der Waals surface area (Å²) in [5.41, 5.74) is -1.72. The van der Waals surface area contributed by atoms with Crippen LogP contribution in [0.5, 0.6) is 0 Å². The number of aromatic amines is 1. The van der Waals surface area contributed by atoms with Gasteiger partial charge in [-0.1, -0.05) is 0 Å². The molecule has 1 heterocycles. The number of carbonyl (C=O) groups excluding carboxylic acids is 1. The van der Waals surface area contributed by atoms with Gasteiger partial charge in [-0.05, 0) is 13.0 Å². The Bertz CT molecular complexity index is 768. The zero-order valence-electron chi connectivity index (χ0n) is 10.3. The molecule has 0 atom stereocenters. The fourth-order valence-corrected chi connectivity index (χ4v) is 1.73. The summed E-state index contributed by atoms with van der Waals surface area (Å²) in [6, 6.07) is 1.63. The molecule has 2 aromatic rings. The van der Waals surface area contributed by atoms with E-state index in [4.69, 9.17) is 0 Å². The first-order valence-corrected chi connectivity index (χ1v) is 5.62. The highest BCUT2D eigenvalue weighted by Gasteiger charge is 2.19. The SMILES string of the molecule is CCOC(=O)c1c[nH]c2cc([N+](=O)[O-])c(F)cc2c1=O. The first-order chi connectivity index (χ1) is 9.45. The van der Waals surface area contributed by atoms with Gasteiger partial charge in [0.2, 0.25) is 11.2 Å². The van der Waals surface area contributed by atoms with Gasteiger partial charge in [0, 0.05) is 17.6 Å². The van der Waals surface area contributed by atoms with Gasteiger partial charge in [0.15, 0.2) is 0 Å². The number of benzene rings is 1. The summed E-state index contributed by atoms with van der Waals surface area (Å²) in [6.45, 7) is 1.67. The number of nitro groups is 1. The number of ether oxygens (including phenoxy) is 1. The number of H-pyrrole nitrogens is 1. The molecule has 0 saturated heterocycles. The Kier molecular flexibility index (Phi) is 3.47. The van der Waals surface area contributed by atoms with Crippen molar-refractivity contribution in [1.29, 1.82) is 0 Å². The molecule has 8 heteroatoms. The van der Waals surface area contributed by atoms with Gasteiger partial charge in [-0.25, -0.2) is 4.79 Å². The number of halogens is 1. The van der Waals surface area contributed by atoms with Crippen molar-refractivity contribution in [2.45, 2.75) is 6.92 Å². The van der Waals surface area contributed by atoms with Crippen LogP contribution in [-0.2, 0) is 4.74 Å². The van der Waals surface area contributed by atoms with Gasteiger partial charge in [0.05, 0.1) is 17.0 Å². The molecule has 0 bridgehead atoms. The van der Waals surface area contributed by atoms with Gasteiger partial charge >= 0.3 is 11.7 Å². The molecule has 0 radical (unpaired) electrons. The van der Waals surface area contributed by atoms with E-state index in [2.05, 4.69) is 9.72 Å². The third kappa shape index (κ3) is 2.22. The Balaban J connectivity index is 2.69. The maximum absolute atomic E-state index is 13.5. The number of carbonyl (C=O) groups is 1. The van der Waals surface area contributed by atoms with Crippen molar-refractivity contribution >= 4 is 22.6 Å². The largest absolute Gasteiger partial charge is 0.462 e. The van der Waals surface area contributed by atoms with Gasteiger partial charge in [-0.2, -0.15) is 4.39 Å². The van der Waals surface area contributed by atoms with E-state index in [1.54, 1.807) is 6.92 Å². The van der Waals surface area contributed by atoms with Gasteiger partial charge in [0.1, 0.15) is 5.56 Å². The van der Waals surface area contributed by atoms with Crippen LogP contribution in [-0.4, -0.2) is 22.5 Å². The molecule has 0 aliphatic heterocycles. The Morgan fingerprint density at radius 1 is 1.50 bits per heavy atom. The summed E-state index contributed by atoms with van der Waals surface area (Å²) < 4.78 is 18.2. The summed E-state index contributed by atoms with van der Waals surface area (Å²) in [7, 11) is 0. The van der Waals surface area contributed by atoms with Crippen LogP contribution in [0.4, 0.5) is 10.1 Å². The third-order valence-electron chi connectivity index (χ3n) is 2.64. The Hall–Kier alpha value is -2.77. The van der Waals surface area contributed by atoms with E-state index < -0.39 is 27.8 Å². The maximum Gasteiger partial charge on any atom is 0.343 e. The van der Waals surface area contributed by atoms with Crippen LogP contribution >= 0.6 is 0 Å². The first-order valence-electron chi connectivity index (χ1n) is 5.62. The van der Waals surface area contributed by atoms with Crippen LogP contribution in [0.25, 0.3) is 10.9 Å². The van der Waals surface area contributed by atoms with E-state index in [0.717, 1.165) is 18.3 Å². The minimum Gasteiger partial charge on any atom is -0.462 e. The van der Waals surface area contributed by atoms with E-state index in [0.29, 0.717) is 0 Å². The second kappa shape index (κ2) is 5.08. The van der Waals surface area contributed by atoms with Crippen molar-refractivity contribution < 1.29 is 18.8 Å². The highest BCUT2D eigenvalue weighted by molar-refractivity contribution is 5.93. The normalized spacial score (nSPS) is 10.5. The quantitative estimate of drug-likeness (QED) is 0.524. The predicted molar refractivity (Wildman–Crippen MR) is 67.1 cm³/mol. The van der Waals surface area contributed by atoms with E-state index in [1.165, 1.54) is 0 Å². The molecule has 0 spiro atoms.